The van der Waals surface area contributed by atoms with Crippen LogP contribution < -0.4 is 9.80 Å². The second-order valence-electron chi connectivity index (χ2n) is 8.84. The Labute approximate surface area is 162 Å². The van der Waals surface area contributed by atoms with Crippen molar-refractivity contribution in [2.75, 3.05) is 63.7 Å². The molecule has 3 saturated heterocycles. The van der Waals surface area contributed by atoms with Crippen LogP contribution in [-0.4, -0.2) is 85.6 Å². The highest BCUT2D eigenvalue weighted by Crippen LogP contribution is 2.42. The van der Waals surface area contributed by atoms with Crippen LogP contribution in [0.4, 0.5) is 11.6 Å². The fraction of sp³-hybridized carbons (Fsp3) is 0.750. The molecule has 0 bridgehead atoms. The van der Waals surface area contributed by atoms with E-state index >= 15 is 0 Å². The van der Waals surface area contributed by atoms with Gasteiger partial charge in [-0.2, -0.15) is 0 Å². The van der Waals surface area contributed by atoms with Crippen LogP contribution in [0.25, 0.3) is 0 Å². The number of piperidine rings is 2. The number of nitrogens with zero attached hydrogens (tertiary/aromatic N) is 6. The fourth-order valence-electron chi connectivity index (χ4n) is 4.87. The van der Waals surface area contributed by atoms with Crippen molar-refractivity contribution >= 4 is 17.5 Å². The van der Waals surface area contributed by atoms with Gasteiger partial charge in [-0.3, -0.25) is 9.78 Å². The smallest absolute Gasteiger partial charge is 0.222 e. The van der Waals surface area contributed by atoms with Crippen molar-refractivity contribution in [3.8, 4) is 0 Å². The minimum absolute atomic E-state index is 0.290. The highest BCUT2D eigenvalue weighted by Gasteiger charge is 2.43. The standard InChI is InChI=1S/C20H32N6O/c1-23(2)17-12-21-13-18(22-17)25-10-7-20(8-11-25)6-4-19(27)26(15-20)16-5-9-24(3)14-16/h12-13,16H,4-11,14-15H2,1-3H3/t16-/m1/s1. The number of likely N-dealkylation sites (N-methyl/N-ethyl adjacent to an activating group) is 1. The largest absolute Gasteiger partial charge is 0.361 e. The number of aromatic nitrogens is 2. The molecule has 4 heterocycles. The van der Waals surface area contributed by atoms with Gasteiger partial charge in [0.2, 0.25) is 5.91 Å². The molecule has 1 aromatic heterocycles. The first-order valence-corrected chi connectivity index (χ1v) is 10.2. The summed E-state index contributed by atoms with van der Waals surface area (Å²) in [5, 5.41) is 0. The minimum Gasteiger partial charge on any atom is -0.361 e. The van der Waals surface area contributed by atoms with E-state index in [2.05, 4.69) is 26.7 Å². The number of amides is 1. The van der Waals surface area contributed by atoms with Gasteiger partial charge in [-0.1, -0.05) is 0 Å². The molecule has 0 N–H and O–H groups in total. The Kier molecular flexibility index (Phi) is 4.97. The Bertz CT molecular complexity index is 685. The summed E-state index contributed by atoms with van der Waals surface area (Å²) in [5.74, 6) is 2.23. The molecule has 4 rings (SSSR count). The van der Waals surface area contributed by atoms with E-state index in [4.69, 9.17) is 4.98 Å². The van der Waals surface area contributed by atoms with E-state index in [1.54, 1.807) is 6.20 Å². The van der Waals surface area contributed by atoms with Gasteiger partial charge in [0.1, 0.15) is 11.6 Å². The predicted molar refractivity (Wildman–Crippen MR) is 107 cm³/mol. The quantitative estimate of drug-likeness (QED) is 0.801. The summed E-state index contributed by atoms with van der Waals surface area (Å²) in [5.41, 5.74) is 0.290. The molecule has 3 aliphatic heterocycles. The van der Waals surface area contributed by atoms with Crippen molar-refractivity contribution in [3.63, 3.8) is 0 Å². The molecule has 0 saturated carbocycles. The lowest BCUT2D eigenvalue weighted by atomic mass is 9.72. The number of hydrogen-bond acceptors (Lipinski definition) is 6. The van der Waals surface area contributed by atoms with Crippen LogP contribution in [0.3, 0.4) is 0 Å². The Morgan fingerprint density at radius 1 is 1.15 bits per heavy atom. The molecule has 1 amide bonds. The third kappa shape index (κ3) is 3.74. The lowest BCUT2D eigenvalue weighted by Crippen LogP contribution is -2.55. The summed E-state index contributed by atoms with van der Waals surface area (Å²) < 4.78 is 0. The van der Waals surface area contributed by atoms with E-state index in [0.717, 1.165) is 76.5 Å². The lowest BCUT2D eigenvalue weighted by molar-refractivity contribution is -0.141. The van der Waals surface area contributed by atoms with E-state index < -0.39 is 0 Å². The molecule has 0 aromatic carbocycles. The van der Waals surface area contributed by atoms with Crippen LogP contribution in [-0.2, 0) is 4.79 Å². The third-order valence-electron chi connectivity index (χ3n) is 6.72. The Morgan fingerprint density at radius 2 is 1.93 bits per heavy atom. The Balaban J connectivity index is 1.42. The van der Waals surface area contributed by atoms with Gasteiger partial charge in [0.05, 0.1) is 12.4 Å². The Morgan fingerprint density at radius 3 is 2.59 bits per heavy atom. The van der Waals surface area contributed by atoms with E-state index in [1.807, 2.05) is 25.2 Å². The lowest BCUT2D eigenvalue weighted by Gasteiger charge is -2.49. The van der Waals surface area contributed by atoms with Gasteiger partial charge in [-0.05, 0) is 44.7 Å². The summed E-state index contributed by atoms with van der Waals surface area (Å²) in [6, 6.07) is 0.417. The summed E-state index contributed by atoms with van der Waals surface area (Å²) in [6.45, 7) is 5.08. The number of likely N-dealkylation sites (tertiary alicyclic amines) is 2. The molecule has 7 nitrogen and oxygen atoms in total. The van der Waals surface area contributed by atoms with E-state index in [9.17, 15) is 4.79 Å². The fourth-order valence-corrected chi connectivity index (χ4v) is 4.87. The van der Waals surface area contributed by atoms with Gasteiger partial charge < -0.3 is 19.6 Å². The van der Waals surface area contributed by atoms with Crippen LogP contribution in [0.2, 0.25) is 0 Å². The van der Waals surface area contributed by atoms with Crippen LogP contribution in [0.1, 0.15) is 32.1 Å². The SMILES string of the molecule is CN1CC[C@@H](N2CC3(CCC2=O)CCN(c2cncc(N(C)C)n2)CC3)C1. The predicted octanol–water partition coefficient (Wildman–Crippen LogP) is 1.46. The topological polar surface area (TPSA) is 55.8 Å². The summed E-state index contributed by atoms with van der Waals surface area (Å²) >= 11 is 0. The summed E-state index contributed by atoms with van der Waals surface area (Å²) in [4.78, 5) is 30.6. The second kappa shape index (κ2) is 7.26. The van der Waals surface area contributed by atoms with Gasteiger partial charge in [0.15, 0.2) is 0 Å². The first kappa shape index (κ1) is 18.5. The number of anilines is 2. The molecule has 3 aliphatic rings. The van der Waals surface area contributed by atoms with Gasteiger partial charge >= 0.3 is 0 Å². The maximum Gasteiger partial charge on any atom is 0.222 e. The zero-order valence-electron chi connectivity index (χ0n) is 16.9. The number of rotatable bonds is 3. The molecule has 3 fully saturated rings. The third-order valence-corrected chi connectivity index (χ3v) is 6.72. The van der Waals surface area contributed by atoms with Gasteiger partial charge in [0.25, 0.3) is 0 Å². The number of carbonyl (C=O) groups is 1. The number of carbonyl (C=O) groups excluding carboxylic acids is 1. The van der Waals surface area contributed by atoms with E-state index in [0.29, 0.717) is 11.9 Å². The zero-order chi connectivity index (χ0) is 19.0. The zero-order valence-corrected chi connectivity index (χ0v) is 16.9. The maximum atomic E-state index is 12.6. The number of hydrogen-bond donors (Lipinski definition) is 0. The molecule has 0 unspecified atom stereocenters. The van der Waals surface area contributed by atoms with E-state index in [-0.39, 0.29) is 5.41 Å². The Hall–Kier alpha value is -1.89. The summed E-state index contributed by atoms with van der Waals surface area (Å²) in [7, 11) is 6.14. The van der Waals surface area contributed by atoms with Crippen molar-refractivity contribution in [1.29, 1.82) is 0 Å². The molecule has 1 atom stereocenters. The molecule has 1 spiro atoms. The molecule has 148 valence electrons. The van der Waals surface area contributed by atoms with Crippen molar-refractivity contribution in [1.82, 2.24) is 19.8 Å². The average Bonchev–Trinajstić information content (AvgIpc) is 3.11. The molecular weight excluding hydrogens is 340 g/mol. The molecular formula is C20H32N6O. The molecule has 0 aliphatic carbocycles. The van der Waals surface area contributed by atoms with Crippen molar-refractivity contribution in [2.45, 2.75) is 38.1 Å². The van der Waals surface area contributed by atoms with Crippen LogP contribution >= 0.6 is 0 Å². The van der Waals surface area contributed by atoms with Crippen molar-refractivity contribution in [3.05, 3.63) is 12.4 Å². The second-order valence-corrected chi connectivity index (χ2v) is 8.84. The van der Waals surface area contributed by atoms with Crippen molar-refractivity contribution < 1.29 is 4.79 Å². The van der Waals surface area contributed by atoms with Gasteiger partial charge in [0, 0.05) is 52.7 Å². The van der Waals surface area contributed by atoms with Gasteiger partial charge in [-0.25, -0.2) is 4.98 Å². The summed E-state index contributed by atoms with van der Waals surface area (Å²) in [6.07, 6.45) is 8.82. The normalized spacial score (nSPS) is 26.0. The van der Waals surface area contributed by atoms with Gasteiger partial charge in [-0.15, -0.1) is 0 Å². The monoisotopic (exact) mass is 372 g/mol. The molecule has 1 aromatic rings. The van der Waals surface area contributed by atoms with Crippen LogP contribution in [0.15, 0.2) is 12.4 Å². The maximum absolute atomic E-state index is 12.6. The van der Waals surface area contributed by atoms with E-state index in [1.165, 1.54) is 0 Å². The van der Waals surface area contributed by atoms with Crippen LogP contribution in [0, 0.1) is 5.41 Å². The average molecular weight is 373 g/mol. The molecule has 0 radical (unpaired) electrons. The molecule has 7 heteroatoms. The molecule has 27 heavy (non-hydrogen) atoms. The highest BCUT2D eigenvalue weighted by atomic mass is 16.2. The minimum atomic E-state index is 0.290. The van der Waals surface area contributed by atoms with Crippen molar-refractivity contribution in [2.24, 2.45) is 5.41 Å². The first-order valence-electron chi connectivity index (χ1n) is 10.2. The van der Waals surface area contributed by atoms with Crippen LogP contribution in [0.5, 0.6) is 0 Å². The highest BCUT2D eigenvalue weighted by molar-refractivity contribution is 5.77. The first-order chi connectivity index (χ1) is 13.0.